The molecule has 3 rings (SSSR count). The van der Waals surface area contributed by atoms with E-state index in [9.17, 15) is 4.79 Å². The van der Waals surface area contributed by atoms with Crippen molar-refractivity contribution in [1.29, 1.82) is 5.26 Å². The lowest BCUT2D eigenvalue weighted by Crippen LogP contribution is -2.39. The van der Waals surface area contributed by atoms with Gasteiger partial charge in [0.1, 0.15) is 11.9 Å². The molecule has 0 saturated carbocycles. The maximum atomic E-state index is 11.0. The highest BCUT2D eigenvalue weighted by atomic mass is 16.5. The van der Waals surface area contributed by atoms with E-state index in [2.05, 4.69) is 16.0 Å². The number of piperidine rings is 1. The van der Waals surface area contributed by atoms with Gasteiger partial charge in [-0.2, -0.15) is 5.26 Å². The van der Waals surface area contributed by atoms with E-state index in [0.29, 0.717) is 17.9 Å². The summed E-state index contributed by atoms with van der Waals surface area (Å²) in [6, 6.07) is 5.74. The second-order valence-corrected chi connectivity index (χ2v) is 5.89. The topological polar surface area (TPSA) is 86.5 Å². The van der Waals surface area contributed by atoms with Crippen LogP contribution in [0.25, 0.3) is 0 Å². The van der Waals surface area contributed by atoms with Crippen LogP contribution in [0.1, 0.15) is 31.2 Å². The Morgan fingerprint density at radius 2 is 2.14 bits per heavy atom. The first kappa shape index (κ1) is 14.8. The molecule has 0 amide bonds. The Morgan fingerprint density at radius 3 is 2.77 bits per heavy atom. The molecule has 2 aliphatic heterocycles. The molecule has 0 aliphatic carbocycles. The van der Waals surface area contributed by atoms with Crippen molar-refractivity contribution in [3.63, 3.8) is 0 Å². The number of pyridine rings is 1. The van der Waals surface area contributed by atoms with Crippen molar-refractivity contribution >= 4 is 11.8 Å². The van der Waals surface area contributed by atoms with Gasteiger partial charge in [-0.3, -0.25) is 0 Å². The number of aromatic nitrogens is 1. The van der Waals surface area contributed by atoms with Crippen LogP contribution in [0, 0.1) is 17.2 Å². The third-order valence-electron chi connectivity index (χ3n) is 4.60. The standard InChI is InChI=1S/C16H19N3O3/c17-10-12-2-1-7-18-15(12)19-8-5-11(6-9-19)13-3-4-14(22-13)16(20)21/h1-2,7,11,13-14H,3-6,8-9H2,(H,20,21)/t13-,14+/m0/s1. The van der Waals surface area contributed by atoms with Crippen LogP contribution in [0.4, 0.5) is 5.82 Å². The summed E-state index contributed by atoms with van der Waals surface area (Å²) in [5.41, 5.74) is 0.601. The number of aliphatic carboxylic acids is 1. The van der Waals surface area contributed by atoms with Crippen LogP contribution < -0.4 is 4.90 Å². The number of hydrogen-bond acceptors (Lipinski definition) is 5. The van der Waals surface area contributed by atoms with Crippen LogP contribution in [-0.2, 0) is 9.53 Å². The molecule has 0 spiro atoms. The number of rotatable bonds is 3. The van der Waals surface area contributed by atoms with Crippen molar-refractivity contribution < 1.29 is 14.6 Å². The summed E-state index contributed by atoms with van der Waals surface area (Å²) in [6.45, 7) is 1.65. The predicted octanol–water partition coefficient (Wildman–Crippen LogP) is 1.80. The molecule has 6 nitrogen and oxygen atoms in total. The zero-order chi connectivity index (χ0) is 15.5. The maximum Gasteiger partial charge on any atom is 0.332 e. The summed E-state index contributed by atoms with van der Waals surface area (Å²) in [7, 11) is 0. The molecule has 0 bridgehead atoms. The zero-order valence-electron chi connectivity index (χ0n) is 12.3. The van der Waals surface area contributed by atoms with Crippen molar-refractivity contribution in [1.82, 2.24) is 4.98 Å². The van der Waals surface area contributed by atoms with Crippen LogP contribution in [0.5, 0.6) is 0 Å². The van der Waals surface area contributed by atoms with E-state index in [0.717, 1.165) is 38.2 Å². The fourth-order valence-corrected chi connectivity index (χ4v) is 3.41. The SMILES string of the molecule is N#Cc1cccnc1N1CCC([C@@H]2CC[C@H](C(=O)O)O2)CC1. The molecule has 2 fully saturated rings. The third-order valence-corrected chi connectivity index (χ3v) is 4.60. The van der Waals surface area contributed by atoms with Gasteiger partial charge in [-0.1, -0.05) is 0 Å². The van der Waals surface area contributed by atoms with E-state index < -0.39 is 12.1 Å². The van der Waals surface area contributed by atoms with Crippen LogP contribution in [0.15, 0.2) is 18.3 Å². The highest BCUT2D eigenvalue weighted by molar-refractivity contribution is 5.72. The molecule has 0 radical (unpaired) electrons. The Kier molecular flexibility index (Phi) is 4.25. The van der Waals surface area contributed by atoms with Gasteiger partial charge in [-0.15, -0.1) is 0 Å². The Labute approximate surface area is 129 Å². The molecule has 0 aromatic carbocycles. The number of carbonyl (C=O) groups is 1. The monoisotopic (exact) mass is 301 g/mol. The van der Waals surface area contributed by atoms with Gasteiger partial charge >= 0.3 is 5.97 Å². The van der Waals surface area contributed by atoms with Crippen molar-refractivity contribution in [2.75, 3.05) is 18.0 Å². The van der Waals surface area contributed by atoms with Crippen molar-refractivity contribution in [3.05, 3.63) is 23.9 Å². The van der Waals surface area contributed by atoms with E-state index >= 15 is 0 Å². The number of ether oxygens (including phenoxy) is 1. The number of anilines is 1. The van der Waals surface area contributed by atoms with E-state index in [-0.39, 0.29) is 6.10 Å². The van der Waals surface area contributed by atoms with Crippen LogP contribution in [-0.4, -0.2) is 41.4 Å². The molecule has 6 heteroatoms. The average Bonchev–Trinajstić information content (AvgIpc) is 3.05. The Bertz CT molecular complexity index is 591. The van der Waals surface area contributed by atoms with Gasteiger partial charge in [-0.05, 0) is 43.7 Å². The predicted molar refractivity (Wildman–Crippen MR) is 79.4 cm³/mol. The van der Waals surface area contributed by atoms with Crippen molar-refractivity contribution in [3.8, 4) is 6.07 Å². The molecule has 1 aromatic heterocycles. The number of hydrogen-bond donors (Lipinski definition) is 1. The van der Waals surface area contributed by atoms with E-state index in [1.165, 1.54) is 0 Å². The summed E-state index contributed by atoms with van der Waals surface area (Å²) < 4.78 is 5.66. The molecule has 2 atom stereocenters. The van der Waals surface area contributed by atoms with Crippen molar-refractivity contribution in [2.45, 2.75) is 37.9 Å². The zero-order valence-corrected chi connectivity index (χ0v) is 12.3. The molecule has 116 valence electrons. The molecule has 1 aromatic rings. The minimum atomic E-state index is -0.855. The second-order valence-electron chi connectivity index (χ2n) is 5.89. The Morgan fingerprint density at radius 1 is 1.36 bits per heavy atom. The summed E-state index contributed by atoms with van der Waals surface area (Å²) in [6.07, 6.45) is 4.45. The second kappa shape index (κ2) is 6.32. The van der Waals surface area contributed by atoms with Crippen molar-refractivity contribution in [2.24, 2.45) is 5.92 Å². The minimum Gasteiger partial charge on any atom is -0.479 e. The first-order chi connectivity index (χ1) is 10.7. The van der Waals surface area contributed by atoms with Crippen LogP contribution >= 0.6 is 0 Å². The third kappa shape index (κ3) is 2.90. The smallest absolute Gasteiger partial charge is 0.332 e. The lowest BCUT2D eigenvalue weighted by molar-refractivity contribution is -0.150. The lowest BCUT2D eigenvalue weighted by atomic mass is 9.89. The highest BCUT2D eigenvalue weighted by Crippen LogP contribution is 2.33. The van der Waals surface area contributed by atoms with E-state index in [1.54, 1.807) is 18.3 Å². The van der Waals surface area contributed by atoms with E-state index in [4.69, 9.17) is 15.1 Å². The fourth-order valence-electron chi connectivity index (χ4n) is 3.41. The molecular weight excluding hydrogens is 282 g/mol. The van der Waals surface area contributed by atoms with Crippen LogP contribution in [0.2, 0.25) is 0 Å². The first-order valence-corrected chi connectivity index (χ1v) is 7.67. The fraction of sp³-hybridized carbons (Fsp3) is 0.562. The van der Waals surface area contributed by atoms with E-state index in [1.807, 2.05) is 0 Å². The molecule has 2 saturated heterocycles. The minimum absolute atomic E-state index is 0.0578. The maximum absolute atomic E-state index is 11.0. The first-order valence-electron chi connectivity index (χ1n) is 7.67. The molecule has 1 N–H and O–H groups in total. The Hall–Kier alpha value is -2.13. The average molecular weight is 301 g/mol. The van der Waals surface area contributed by atoms with Gasteiger partial charge in [0.2, 0.25) is 0 Å². The molecule has 3 heterocycles. The largest absolute Gasteiger partial charge is 0.479 e. The summed E-state index contributed by atoms with van der Waals surface area (Å²) in [5.74, 6) is 0.293. The van der Waals surface area contributed by atoms with Gasteiger partial charge in [0.25, 0.3) is 0 Å². The molecule has 2 aliphatic rings. The number of carboxylic acids is 1. The quantitative estimate of drug-likeness (QED) is 0.916. The van der Waals surface area contributed by atoms with Gasteiger partial charge in [-0.25, -0.2) is 9.78 Å². The summed E-state index contributed by atoms with van der Waals surface area (Å²) >= 11 is 0. The number of nitriles is 1. The molecule has 22 heavy (non-hydrogen) atoms. The summed E-state index contributed by atoms with van der Waals surface area (Å²) in [4.78, 5) is 17.4. The van der Waals surface area contributed by atoms with Gasteiger partial charge in [0.15, 0.2) is 6.10 Å². The molecular formula is C16H19N3O3. The number of carboxylic acid groups (broad SMARTS) is 1. The van der Waals surface area contributed by atoms with Crippen LogP contribution in [0.3, 0.4) is 0 Å². The Balaban J connectivity index is 1.59. The highest BCUT2D eigenvalue weighted by Gasteiger charge is 2.36. The molecule has 0 unspecified atom stereocenters. The van der Waals surface area contributed by atoms with Gasteiger partial charge in [0.05, 0.1) is 11.7 Å². The van der Waals surface area contributed by atoms with Gasteiger partial charge < -0.3 is 14.7 Å². The lowest BCUT2D eigenvalue weighted by Gasteiger charge is -2.35. The number of nitrogens with zero attached hydrogens (tertiary/aromatic N) is 3. The van der Waals surface area contributed by atoms with Gasteiger partial charge in [0, 0.05) is 19.3 Å². The summed E-state index contributed by atoms with van der Waals surface area (Å²) in [5, 5.41) is 18.2. The normalized spacial score (nSPS) is 25.9.